The molecule has 0 saturated carbocycles. The summed E-state index contributed by atoms with van der Waals surface area (Å²) in [6.45, 7) is 7.56. The van der Waals surface area contributed by atoms with Crippen LogP contribution in [0.15, 0.2) is 0 Å². The minimum atomic E-state index is -0.412. The molecule has 0 amide bonds. The van der Waals surface area contributed by atoms with Crippen LogP contribution < -0.4 is 0 Å². The first-order chi connectivity index (χ1) is 8.90. The third kappa shape index (κ3) is 11.3. The van der Waals surface area contributed by atoms with Crippen LogP contribution in [0.1, 0.15) is 66.2 Å². The van der Waals surface area contributed by atoms with Gasteiger partial charge in [-0.25, -0.2) is 0 Å². The molecule has 0 aliphatic heterocycles. The molecule has 0 bridgehead atoms. The minimum absolute atomic E-state index is 0.0506. The van der Waals surface area contributed by atoms with Gasteiger partial charge in [-0.1, -0.05) is 26.2 Å². The molecule has 4 heteroatoms. The van der Waals surface area contributed by atoms with Crippen LogP contribution in [0.2, 0.25) is 0 Å². The summed E-state index contributed by atoms with van der Waals surface area (Å²) in [5.41, 5.74) is -0.412. The van der Waals surface area contributed by atoms with Gasteiger partial charge < -0.3 is 4.74 Å². The fraction of sp³-hybridized carbons (Fsp3) is 0.933. The predicted octanol–water partition coefficient (Wildman–Crippen LogP) is 4.76. The standard InChI is InChI=1S/C15H29FO2S/c1-5-10-13(14(17)18-15(2,3)4)19-12-9-7-6-8-11-16/h13H,5-12H2,1-4H3. The number of halogens is 1. The Kier molecular flexibility index (Phi) is 10.4. The second kappa shape index (κ2) is 10.5. The number of alkyl halides is 1. The molecular weight excluding hydrogens is 263 g/mol. The molecule has 0 aromatic heterocycles. The number of ether oxygens (including phenoxy) is 1. The third-order valence-electron chi connectivity index (χ3n) is 2.57. The van der Waals surface area contributed by atoms with Crippen molar-refractivity contribution in [3.63, 3.8) is 0 Å². The van der Waals surface area contributed by atoms with Crippen molar-refractivity contribution in [3.05, 3.63) is 0 Å². The SMILES string of the molecule is CCCC(SCCCCCCF)C(=O)OC(C)(C)C. The van der Waals surface area contributed by atoms with E-state index in [4.69, 9.17) is 4.74 Å². The van der Waals surface area contributed by atoms with Gasteiger partial charge in [0.15, 0.2) is 0 Å². The van der Waals surface area contributed by atoms with E-state index in [1.165, 1.54) is 0 Å². The Morgan fingerprint density at radius 1 is 1.21 bits per heavy atom. The van der Waals surface area contributed by atoms with Crippen molar-refractivity contribution in [2.45, 2.75) is 77.1 Å². The quantitative estimate of drug-likeness (QED) is 0.429. The summed E-state index contributed by atoms with van der Waals surface area (Å²) >= 11 is 1.68. The summed E-state index contributed by atoms with van der Waals surface area (Å²) in [5.74, 6) is 0.860. The van der Waals surface area contributed by atoms with Gasteiger partial charge in [0.05, 0.1) is 6.67 Å². The number of esters is 1. The van der Waals surface area contributed by atoms with Crippen molar-refractivity contribution in [2.24, 2.45) is 0 Å². The molecule has 19 heavy (non-hydrogen) atoms. The van der Waals surface area contributed by atoms with Crippen LogP contribution in [0.5, 0.6) is 0 Å². The van der Waals surface area contributed by atoms with Gasteiger partial charge in [0.1, 0.15) is 10.9 Å². The van der Waals surface area contributed by atoms with E-state index in [0.717, 1.165) is 37.9 Å². The second-order valence-electron chi connectivity index (χ2n) is 5.78. The number of thioether (sulfide) groups is 1. The fourth-order valence-corrected chi connectivity index (χ4v) is 2.92. The van der Waals surface area contributed by atoms with Crippen LogP contribution in [0, 0.1) is 0 Å². The summed E-state index contributed by atoms with van der Waals surface area (Å²) in [7, 11) is 0. The number of rotatable bonds is 10. The average Bonchev–Trinajstić information content (AvgIpc) is 2.30. The molecule has 0 N–H and O–H groups in total. The van der Waals surface area contributed by atoms with Crippen molar-refractivity contribution >= 4 is 17.7 Å². The number of hydrogen-bond acceptors (Lipinski definition) is 3. The fourth-order valence-electron chi connectivity index (χ4n) is 1.67. The summed E-state index contributed by atoms with van der Waals surface area (Å²) in [6, 6.07) is 0. The molecule has 0 radical (unpaired) electrons. The van der Waals surface area contributed by atoms with Crippen molar-refractivity contribution in [3.8, 4) is 0 Å². The van der Waals surface area contributed by atoms with Crippen molar-refractivity contribution in [1.82, 2.24) is 0 Å². The molecule has 0 saturated heterocycles. The predicted molar refractivity (Wildman–Crippen MR) is 81.4 cm³/mol. The van der Waals surface area contributed by atoms with Crippen LogP contribution in [-0.4, -0.2) is 29.2 Å². The lowest BCUT2D eigenvalue weighted by atomic mass is 10.2. The largest absolute Gasteiger partial charge is 0.459 e. The Bertz CT molecular complexity index is 239. The molecule has 1 unspecified atom stereocenters. The Morgan fingerprint density at radius 3 is 2.37 bits per heavy atom. The highest BCUT2D eigenvalue weighted by atomic mass is 32.2. The number of unbranched alkanes of at least 4 members (excludes halogenated alkanes) is 3. The number of carbonyl (C=O) groups is 1. The average molecular weight is 292 g/mol. The molecule has 0 aromatic rings. The van der Waals surface area contributed by atoms with E-state index < -0.39 is 5.60 Å². The lowest BCUT2D eigenvalue weighted by molar-refractivity contribution is -0.154. The smallest absolute Gasteiger partial charge is 0.319 e. The highest BCUT2D eigenvalue weighted by Gasteiger charge is 2.24. The zero-order valence-corrected chi connectivity index (χ0v) is 13.7. The summed E-state index contributed by atoms with van der Waals surface area (Å²) in [4.78, 5) is 12.0. The maximum absolute atomic E-state index is 12.0. The van der Waals surface area contributed by atoms with E-state index >= 15 is 0 Å². The van der Waals surface area contributed by atoms with E-state index in [1.807, 2.05) is 20.8 Å². The topological polar surface area (TPSA) is 26.3 Å². The van der Waals surface area contributed by atoms with Crippen molar-refractivity contribution in [2.75, 3.05) is 12.4 Å². The van der Waals surface area contributed by atoms with Gasteiger partial charge in [-0.05, 0) is 45.8 Å². The highest BCUT2D eigenvalue weighted by Crippen LogP contribution is 2.22. The van der Waals surface area contributed by atoms with E-state index in [0.29, 0.717) is 6.42 Å². The first kappa shape index (κ1) is 18.8. The third-order valence-corrected chi connectivity index (χ3v) is 3.92. The summed E-state index contributed by atoms with van der Waals surface area (Å²) in [6.07, 6.45) is 5.55. The molecule has 0 fully saturated rings. The van der Waals surface area contributed by atoms with Crippen LogP contribution >= 0.6 is 11.8 Å². The summed E-state index contributed by atoms with van der Waals surface area (Å²) < 4.78 is 17.4. The Hall–Kier alpha value is -0.250. The van der Waals surface area contributed by atoms with Gasteiger partial charge in [-0.15, -0.1) is 11.8 Å². The molecular formula is C15H29FO2S. The number of carbonyl (C=O) groups excluding carboxylic acids is 1. The normalized spacial score (nSPS) is 13.3. The highest BCUT2D eigenvalue weighted by molar-refractivity contribution is 8.00. The van der Waals surface area contributed by atoms with Crippen LogP contribution in [0.4, 0.5) is 4.39 Å². The molecule has 0 rings (SSSR count). The van der Waals surface area contributed by atoms with E-state index in [9.17, 15) is 9.18 Å². The Morgan fingerprint density at radius 2 is 1.84 bits per heavy atom. The maximum Gasteiger partial charge on any atom is 0.319 e. The van der Waals surface area contributed by atoms with Crippen molar-refractivity contribution < 1.29 is 13.9 Å². The first-order valence-electron chi connectivity index (χ1n) is 7.31. The first-order valence-corrected chi connectivity index (χ1v) is 8.36. The molecule has 0 heterocycles. The zero-order chi connectivity index (χ0) is 14.7. The van der Waals surface area contributed by atoms with E-state index in [-0.39, 0.29) is 17.9 Å². The van der Waals surface area contributed by atoms with Gasteiger partial charge in [0, 0.05) is 0 Å². The van der Waals surface area contributed by atoms with Gasteiger partial charge in [0.2, 0.25) is 0 Å². The molecule has 0 spiro atoms. The van der Waals surface area contributed by atoms with Crippen LogP contribution in [0.3, 0.4) is 0 Å². The molecule has 0 aliphatic rings. The molecule has 114 valence electrons. The Labute approximate surface area is 121 Å². The summed E-state index contributed by atoms with van der Waals surface area (Å²) in [5, 5.41) is -0.0506. The van der Waals surface area contributed by atoms with Crippen LogP contribution in [0.25, 0.3) is 0 Å². The number of hydrogen-bond donors (Lipinski definition) is 0. The Balaban J connectivity index is 3.94. The molecule has 0 aliphatic carbocycles. The monoisotopic (exact) mass is 292 g/mol. The lowest BCUT2D eigenvalue weighted by Gasteiger charge is -2.23. The molecule has 0 aromatic carbocycles. The molecule has 1 atom stereocenters. The van der Waals surface area contributed by atoms with E-state index in [1.54, 1.807) is 11.8 Å². The van der Waals surface area contributed by atoms with Gasteiger partial charge in [-0.2, -0.15) is 0 Å². The maximum atomic E-state index is 12.0. The van der Waals surface area contributed by atoms with E-state index in [2.05, 4.69) is 6.92 Å². The van der Waals surface area contributed by atoms with Gasteiger partial charge >= 0.3 is 5.97 Å². The second-order valence-corrected chi connectivity index (χ2v) is 7.10. The lowest BCUT2D eigenvalue weighted by Crippen LogP contribution is -2.30. The van der Waals surface area contributed by atoms with Crippen molar-refractivity contribution in [1.29, 1.82) is 0 Å². The van der Waals surface area contributed by atoms with Gasteiger partial charge in [0.25, 0.3) is 0 Å². The van der Waals surface area contributed by atoms with Crippen LogP contribution in [-0.2, 0) is 9.53 Å². The van der Waals surface area contributed by atoms with Gasteiger partial charge in [-0.3, -0.25) is 9.18 Å². The molecule has 2 nitrogen and oxygen atoms in total. The zero-order valence-electron chi connectivity index (χ0n) is 12.8. The minimum Gasteiger partial charge on any atom is -0.459 e.